The molecule has 2 amide bonds. The van der Waals surface area contributed by atoms with Gasteiger partial charge in [-0.05, 0) is 6.42 Å². The van der Waals surface area contributed by atoms with E-state index in [1.165, 1.54) is 0 Å². The van der Waals surface area contributed by atoms with Gasteiger partial charge in [0, 0.05) is 50.3 Å². The van der Waals surface area contributed by atoms with Gasteiger partial charge in [-0.3, -0.25) is 9.59 Å². The first kappa shape index (κ1) is 13.7. The van der Waals surface area contributed by atoms with Crippen molar-refractivity contribution in [3.63, 3.8) is 0 Å². The van der Waals surface area contributed by atoms with Crippen LogP contribution in [0.3, 0.4) is 0 Å². The van der Waals surface area contributed by atoms with Gasteiger partial charge in [0.15, 0.2) is 0 Å². The van der Waals surface area contributed by atoms with Crippen LogP contribution in [0.15, 0.2) is 0 Å². The summed E-state index contributed by atoms with van der Waals surface area (Å²) in [6.07, 6.45) is 1.05. The number of thioether (sulfide) groups is 1. The Hall–Kier alpha value is -0.750. The van der Waals surface area contributed by atoms with Gasteiger partial charge in [-0.25, -0.2) is 0 Å². The summed E-state index contributed by atoms with van der Waals surface area (Å²) < 4.78 is 0. The molecule has 0 aromatic heterocycles. The number of nitrogens with one attached hydrogen (secondary N) is 1. The molecular weight excluding hydrogens is 250 g/mol. The lowest BCUT2D eigenvalue weighted by Gasteiger charge is -2.34. The van der Waals surface area contributed by atoms with Crippen LogP contribution in [0.5, 0.6) is 0 Å². The second kappa shape index (κ2) is 6.43. The van der Waals surface area contributed by atoms with E-state index >= 15 is 0 Å². The average Bonchev–Trinajstić information content (AvgIpc) is 2.46. The minimum absolute atomic E-state index is 0.310. The van der Waals surface area contributed by atoms with Crippen LogP contribution < -0.4 is 5.32 Å². The molecule has 1 atom stereocenters. The van der Waals surface area contributed by atoms with E-state index in [0.29, 0.717) is 24.9 Å². The van der Waals surface area contributed by atoms with E-state index in [0.717, 1.165) is 31.8 Å². The predicted molar refractivity (Wildman–Crippen MR) is 72.6 cm³/mol. The molecule has 0 spiro atoms. The summed E-state index contributed by atoms with van der Waals surface area (Å²) in [4.78, 5) is 27.7. The Morgan fingerprint density at radius 2 is 1.83 bits per heavy atom. The molecule has 2 rings (SSSR count). The number of hydrogen-bond donors (Lipinski definition) is 1. The highest BCUT2D eigenvalue weighted by Gasteiger charge is 2.30. The molecule has 2 saturated heterocycles. The second-order valence-electron chi connectivity index (χ2n) is 4.69. The molecule has 2 aliphatic heterocycles. The first-order valence-corrected chi connectivity index (χ1v) is 7.67. The van der Waals surface area contributed by atoms with Crippen molar-refractivity contribution in [2.45, 2.75) is 18.6 Å². The molecule has 1 unspecified atom stereocenters. The highest BCUT2D eigenvalue weighted by Crippen LogP contribution is 2.21. The van der Waals surface area contributed by atoms with Crippen LogP contribution in [0.1, 0.15) is 13.3 Å². The standard InChI is InChI=1S/C12H21N3O2S/c1-2-10-9-15(7-8-18-10)12(17)11(16)14-5-3-13-4-6-14/h10,13H,2-9H2,1H3. The van der Waals surface area contributed by atoms with Crippen molar-refractivity contribution in [2.75, 3.05) is 45.0 Å². The second-order valence-corrected chi connectivity index (χ2v) is 6.10. The monoisotopic (exact) mass is 271 g/mol. The van der Waals surface area contributed by atoms with E-state index in [4.69, 9.17) is 0 Å². The summed E-state index contributed by atoms with van der Waals surface area (Å²) in [5.41, 5.74) is 0. The van der Waals surface area contributed by atoms with Gasteiger partial charge in [0.1, 0.15) is 0 Å². The van der Waals surface area contributed by atoms with Crippen molar-refractivity contribution < 1.29 is 9.59 Å². The zero-order valence-corrected chi connectivity index (χ0v) is 11.7. The smallest absolute Gasteiger partial charge is 0.312 e. The Labute approximate surface area is 112 Å². The fourth-order valence-corrected chi connectivity index (χ4v) is 3.47. The first-order chi connectivity index (χ1) is 8.72. The lowest BCUT2D eigenvalue weighted by atomic mass is 10.2. The number of carbonyl (C=O) groups is 2. The third-order valence-corrected chi connectivity index (χ3v) is 4.84. The molecule has 0 saturated carbocycles. The van der Waals surface area contributed by atoms with Gasteiger partial charge in [-0.1, -0.05) is 6.92 Å². The van der Waals surface area contributed by atoms with Crippen molar-refractivity contribution in [3.8, 4) is 0 Å². The number of amides is 2. The van der Waals surface area contributed by atoms with Crippen LogP contribution >= 0.6 is 11.8 Å². The highest BCUT2D eigenvalue weighted by molar-refractivity contribution is 8.00. The minimum atomic E-state index is -0.321. The SMILES string of the molecule is CCC1CN(C(=O)C(=O)N2CCNCC2)CCS1. The quantitative estimate of drug-likeness (QED) is 0.670. The molecule has 2 heterocycles. The summed E-state index contributed by atoms with van der Waals surface area (Å²) in [5, 5.41) is 3.67. The zero-order chi connectivity index (χ0) is 13.0. The first-order valence-electron chi connectivity index (χ1n) is 6.63. The number of nitrogens with zero attached hydrogens (tertiary/aromatic N) is 2. The Balaban J connectivity index is 1.91. The lowest BCUT2D eigenvalue weighted by Crippen LogP contribution is -2.54. The van der Waals surface area contributed by atoms with Crippen molar-refractivity contribution in [1.29, 1.82) is 0 Å². The highest BCUT2D eigenvalue weighted by atomic mass is 32.2. The maximum atomic E-state index is 12.2. The van der Waals surface area contributed by atoms with Crippen LogP contribution in [0.2, 0.25) is 0 Å². The Morgan fingerprint density at radius 3 is 2.50 bits per heavy atom. The van der Waals surface area contributed by atoms with E-state index in [2.05, 4.69) is 12.2 Å². The Bertz CT molecular complexity index is 318. The largest absolute Gasteiger partial charge is 0.333 e. The molecule has 18 heavy (non-hydrogen) atoms. The molecule has 2 fully saturated rings. The summed E-state index contributed by atoms with van der Waals surface area (Å²) in [7, 11) is 0. The van der Waals surface area contributed by atoms with Gasteiger partial charge in [-0.2, -0.15) is 11.8 Å². The van der Waals surface area contributed by atoms with Gasteiger partial charge in [0.25, 0.3) is 0 Å². The summed E-state index contributed by atoms with van der Waals surface area (Å²) >= 11 is 1.90. The van der Waals surface area contributed by atoms with Crippen LogP contribution in [0.25, 0.3) is 0 Å². The fourth-order valence-electron chi connectivity index (χ4n) is 2.29. The molecular formula is C12H21N3O2S. The molecule has 0 aromatic rings. The van der Waals surface area contributed by atoms with Gasteiger partial charge in [-0.15, -0.1) is 0 Å². The minimum Gasteiger partial charge on any atom is -0.333 e. The molecule has 0 radical (unpaired) electrons. The van der Waals surface area contributed by atoms with E-state index in [1.54, 1.807) is 9.80 Å². The van der Waals surface area contributed by atoms with Gasteiger partial charge >= 0.3 is 11.8 Å². The summed E-state index contributed by atoms with van der Waals surface area (Å²) in [6, 6.07) is 0. The zero-order valence-electron chi connectivity index (χ0n) is 10.9. The van der Waals surface area contributed by atoms with Crippen LogP contribution in [0.4, 0.5) is 0 Å². The molecule has 102 valence electrons. The van der Waals surface area contributed by atoms with Crippen LogP contribution in [-0.2, 0) is 9.59 Å². The maximum Gasteiger partial charge on any atom is 0.312 e. The molecule has 0 aromatic carbocycles. The topological polar surface area (TPSA) is 52.7 Å². The Morgan fingerprint density at radius 1 is 1.17 bits per heavy atom. The van der Waals surface area contributed by atoms with Crippen LogP contribution in [-0.4, -0.2) is 71.9 Å². The number of hydrogen-bond acceptors (Lipinski definition) is 4. The average molecular weight is 271 g/mol. The normalized spacial score (nSPS) is 25.1. The van der Waals surface area contributed by atoms with Crippen molar-refractivity contribution >= 4 is 23.6 Å². The van der Waals surface area contributed by atoms with E-state index in [9.17, 15) is 9.59 Å². The predicted octanol–water partition coefficient (Wildman–Crippen LogP) is -0.228. The van der Waals surface area contributed by atoms with Gasteiger partial charge in [0.2, 0.25) is 0 Å². The molecule has 0 aliphatic carbocycles. The Kier molecular flexibility index (Phi) is 4.88. The van der Waals surface area contributed by atoms with Crippen molar-refractivity contribution in [3.05, 3.63) is 0 Å². The van der Waals surface area contributed by atoms with Gasteiger partial charge < -0.3 is 15.1 Å². The summed E-state index contributed by atoms with van der Waals surface area (Å²) in [5.74, 6) is 0.313. The van der Waals surface area contributed by atoms with Crippen molar-refractivity contribution in [1.82, 2.24) is 15.1 Å². The number of piperazine rings is 1. The number of carbonyl (C=O) groups excluding carboxylic acids is 2. The molecule has 1 N–H and O–H groups in total. The van der Waals surface area contributed by atoms with E-state index < -0.39 is 0 Å². The van der Waals surface area contributed by atoms with Crippen molar-refractivity contribution in [2.24, 2.45) is 0 Å². The fraction of sp³-hybridized carbons (Fsp3) is 0.833. The molecule has 2 aliphatic rings. The third kappa shape index (κ3) is 3.17. The molecule has 5 nitrogen and oxygen atoms in total. The van der Waals surface area contributed by atoms with E-state index in [-0.39, 0.29) is 11.8 Å². The van der Waals surface area contributed by atoms with E-state index in [1.807, 2.05) is 11.8 Å². The molecule has 0 bridgehead atoms. The maximum absolute atomic E-state index is 12.2. The summed E-state index contributed by atoms with van der Waals surface area (Å²) in [6.45, 7) is 6.41. The van der Waals surface area contributed by atoms with Gasteiger partial charge in [0.05, 0.1) is 0 Å². The number of rotatable bonds is 1. The van der Waals surface area contributed by atoms with Crippen LogP contribution in [0, 0.1) is 0 Å². The molecule has 6 heteroatoms. The lowest BCUT2D eigenvalue weighted by molar-refractivity contribution is -0.152. The third-order valence-electron chi connectivity index (χ3n) is 3.47.